The van der Waals surface area contributed by atoms with Gasteiger partial charge in [0, 0.05) is 30.6 Å². The maximum absolute atomic E-state index is 9.70. The molecular formula is C17H25NO2. The van der Waals surface area contributed by atoms with Gasteiger partial charge >= 0.3 is 0 Å². The topological polar surface area (TPSA) is 32.7 Å². The van der Waals surface area contributed by atoms with Gasteiger partial charge in [-0.25, -0.2) is 0 Å². The predicted molar refractivity (Wildman–Crippen MR) is 80.1 cm³/mol. The molecule has 1 atom stereocenters. The average molecular weight is 275 g/mol. The number of likely N-dealkylation sites (tertiary alicyclic amines) is 1. The predicted octanol–water partition coefficient (Wildman–Crippen LogP) is 3.73. The van der Waals surface area contributed by atoms with Crippen LogP contribution in [-0.2, 0) is 0 Å². The van der Waals surface area contributed by atoms with E-state index in [1.165, 1.54) is 12.0 Å². The molecule has 0 saturated carbocycles. The van der Waals surface area contributed by atoms with Gasteiger partial charge in [0.1, 0.15) is 17.1 Å². The lowest BCUT2D eigenvalue weighted by atomic mass is 9.88. The van der Waals surface area contributed by atoms with Gasteiger partial charge in [-0.15, -0.1) is 0 Å². The van der Waals surface area contributed by atoms with Crippen molar-refractivity contribution in [1.29, 1.82) is 0 Å². The Morgan fingerprint density at radius 1 is 1.25 bits per heavy atom. The Bertz CT molecular complexity index is 522. The molecule has 0 bridgehead atoms. The van der Waals surface area contributed by atoms with E-state index in [-0.39, 0.29) is 11.4 Å². The minimum absolute atomic E-state index is 0.182. The zero-order valence-corrected chi connectivity index (χ0v) is 12.9. The number of phenols is 1. The number of hydrogen-bond donors (Lipinski definition) is 1. The second-order valence-electron chi connectivity index (χ2n) is 7.69. The second-order valence-corrected chi connectivity index (χ2v) is 7.69. The van der Waals surface area contributed by atoms with Crippen LogP contribution < -0.4 is 4.74 Å². The van der Waals surface area contributed by atoms with E-state index in [1.807, 2.05) is 6.07 Å². The molecule has 2 heterocycles. The fourth-order valence-corrected chi connectivity index (χ4v) is 3.55. The Kier molecular flexibility index (Phi) is 3.02. The van der Waals surface area contributed by atoms with Gasteiger partial charge in [-0.1, -0.05) is 19.9 Å². The third-order valence-corrected chi connectivity index (χ3v) is 4.58. The average Bonchev–Trinajstić information content (AvgIpc) is 2.66. The highest BCUT2D eigenvalue weighted by atomic mass is 16.5. The number of ether oxygens (including phenoxy) is 1. The first-order chi connectivity index (χ1) is 9.26. The summed E-state index contributed by atoms with van der Waals surface area (Å²) >= 11 is 0. The summed E-state index contributed by atoms with van der Waals surface area (Å²) in [6, 6.07) is 5.95. The Morgan fingerprint density at radius 3 is 2.65 bits per heavy atom. The van der Waals surface area contributed by atoms with Crippen molar-refractivity contribution in [2.45, 2.75) is 52.2 Å². The van der Waals surface area contributed by atoms with E-state index < -0.39 is 0 Å². The van der Waals surface area contributed by atoms with Crippen LogP contribution in [0, 0.1) is 5.41 Å². The Hall–Kier alpha value is -1.22. The quantitative estimate of drug-likeness (QED) is 0.847. The first-order valence-corrected chi connectivity index (χ1v) is 7.52. The molecule has 1 aromatic carbocycles. The monoisotopic (exact) mass is 275 g/mol. The largest absolute Gasteiger partial charge is 0.508 e. The maximum Gasteiger partial charge on any atom is 0.128 e. The molecule has 3 heteroatoms. The van der Waals surface area contributed by atoms with Gasteiger partial charge in [0.25, 0.3) is 0 Å². The van der Waals surface area contributed by atoms with Crippen molar-refractivity contribution in [3.05, 3.63) is 23.8 Å². The number of benzene rings is 1. The molecule has 3 nitrogen and oxygen atoms in total. The standard InChI is InChI=1S/C17H25NO2/c1-16(2)7-8-18(11-16)14-10-17(3,4)20-15-9-12(19)5-6-13(14)15/h5-6,9,14,19H,7-8,10-11H2,1-4H3. The number of aromatic hydroxyl groups is 1. The molecule has 0 amide bonds. The highest BCUT2D eigenvalue weighted by Crippen LogP contribution is 2.46. The zero-order chi connectivity index (χ0) is 14.5. The highest BCUT2D eigenvalue weighted by Gasteiger charge is 2.41. The van der Waals surface area contributed by atoms with E-state index in [0.29, 0.717) is 11.5 Å². The van der Waals surface area contributed by atoms with Crippen LogP contribution in [0.4, 0.5) is 0 Å². The number of rotatable bonds is 1. The number of nitrogens with zero attached hydrogens (tertiary/aromatic N) is 1. The first-order valence-electron chi connectivity index (χ1n) is 7.52. The van der Waals surface area contributed by atoms with Gasteiger partial charge in [-0.2, -0.15) is 0 Å². The molecule has 1 fully saturated rings. The molecule has 1 N–H and O–H groups in total. The summed E-state index contributed by atoms with van der Waals surface area (Å²) in [7, 11) is 0. The summed E-state index contributed by atoms with van der Waals surface area (Å²) in [5, 5.41) is 9.70. The van der Waals surface area contributed by atoms with E-state index in [0.717, 1.165) is 25.3 Å². The van der Waals surface area contributed by atoms with Crippen molar-refractivity contribution in [3.63, 3.8) is 0 Å². The van der Waals surface area contributed by atoms with Crippen molar-refractivity contribution >= 4 is 0 Å². The minimum Gasteiger partial charge on any atom is -0.508 e. The molecule has 110 valence electrons. The van der Waals surface area contributed by atoms with Crippen LogP contribution in [0.5, 0.6) is 11.5 Å². The van der Waals surface area contributed by atoms with Crippen molar-refractivity contribution < 1.29 is 9.84 Å². The van der Waals surface area contributed by atoms with Crippen LogP contribution in [0.2, 0.25) is 0 Å². The van der Waals surface area contributed by atoms with E-state index in [9.17, 15) is 5.11 Å². The molecule has 3 rings (SSSR count). The third kappa shape index (κ3) is 2.51. The van der Waals surface area contributed by atoms with Crippen LogP contribution in [0.1, 0.15) is 52.1 Å². The van der Waals surface area contributed by atoms with Gasteiger partial charge in [0.05, 0.1) is 0 Å². The Labute approximate surface area is 121 Å². The van der Waals surface area contributed by atoms with Crippen LogP contribution >= 0.6 is 0 Å². The normalized spacial score (nSPS) is 27.9. The fraction of sp³-hybridized carbons (Fsp3) is 0.647. The summed E-state index contributed by atoms with van der Waals surface area (Å²) in [4.78, 5) is 2.58. The molecule has 2 aliphatic heterocycles. The van der Waals surface area contributed by atoms with Crippen molar-refractivity contribution in [3.8, 4) is 11.5 Å². The number of fused-ring (bicyclic) bond motifs is 1. The summed E-state index contributed by atoms with van der Waals surface area (Å²) in [6.07, 6.45) is 2.25. The molecule has 1 aromatic rings. The Balaban J connectivity index is 1.96. The van der Waals surface area contributed by atoms with Gasteiger partial charge in [-0.3, -0.25) is 4.90 Å². The van der Waals surface area contributed by atoms with Gasteiger partial charge in [0.15, 0.2) is 0 Å². The summed E-state index contributed by atoms with van der Waals surface area (Å²) in [5.74, 6) is 1.12. The van der Waals surface area contributed by atoms with Crippen molar-refractivity contribution in [1.82, 2.24) is 4.90 Å². The fourth-order valence-electron chi connectivity index (χ4n) is 3.55. The lowest BCUT2D eigenvalue weighted by Gasteiger charge is -2.41. The van der Waals surface area contributed by atoms with Crippen LogP contribution in [0.25, 0.3) is 0 Å². The molecule has 1 saturated heterocycles. The first kappa shape index (κ1) is 13.7. The van der Waals surface area contributed by atoms with Crippen LogP contribution in [0.15, 0.2) is 18.2 Å². The van der Waals surface area contributed by atoms with E-state index in [2.05, 4.69) is 32.6 Å². The second kappa shape index (κ2) is 4.39. The molecule has 0 aromatic heterocycles. The molecule has 2 aliphatic rings. The molecule has 0 spiro atoms. The van der Waals surface area contributed by atoms with Crippen LogP contribution in [0.3, 0.4) is 0 Å². The van der Waals surface area contributed by atoms with Crippen LogP contribution in [-0.4, -0.2) is 28.7 Å². The number of hydrogen-bond acceptors (Lipinski definition) is 3. The van der Waals surface area contributed by atoms with Gasteiger partial charge in [0.2, 0.25) is 0 Å². The molecular weight excluding hydrogens is 250 g/mol. The Morgan fingerprint density at radius 2 is 2.00 bits per heavy atom. The smallest absolute Gasteiger partial charge is 0.128 e. The number of phenolic OH excluding ortho intramolecular Hbond substituents is 1. The van der Waals surface area contributed by atoms with Crippen molar-refractivity contribution in [2.24, 2.45) is 5.41 Å². The molecule has 20 heavy (non-hydrogen) atoms. The zero-order valence-electron chi connectivity index (χ0n) is 12.9. The van der Waals surface area contributed by atoms with E-state index >= 15 is 0 Å². The molecule has 1 unspecified atom stereocenters. The van der Waals surface area contributed by atoms with Gasteiger partial charge < -0.3 is 9.84 Å². The van der Waals surface area contributed by atoms with Crippen molar-refractivity contribution in [2.75, 3.05) is 13.1 Å². The maximum atomic E-state index is 9.70. The molecule has 0 aliphatic carbocycles. The highest BCUT2D eigenvalue weighted by molar-refractivity contribution is 5.44. The summed E-state index contributed by atoms with van der Waals surface area (Å²) < 4.78 is 6.06. The SMILES string of the molecule is CC1(C)CCN(C2CC(C)(C)Oc3cc(O)ccc32)C1. The minimum atomic E-state index is -0.182. The van der Waals surface area contributed by atoms with E-state index in [4.69, 9.17) is 4.74 Å². The third-order valence-electron chi connectivity index (χ3n) is 4.58. The lowest BCUT2D eigenvalue weighted by Crippen LogP contribution is -2.41. The molecule has 0 radical (unpaired) electrons. The lowest BCUT2D eigenvalue weighted by molar-refractivity contribution is 0.0339. The summed E-state index contributed by atoms with van der Waals surface area (Å²) in [6.45, 7) is 11.2. The summed E-state index contributed by atoms with van der Waals surface area (Å²) in [5.41, 5.74) is 1.44. The van der Waals surface area contributed by atoms with E-state index in [1.54, 1.807) is 12.1 Å². The van der Waals surface area contributed by atoms with Gasteiger partial charge in [-0.05, 0) is 38.3 Å².